The second kappa shape index (κ2) is 14.0. The Bertz CT molecular complexity index is 1650. The van der Waals surface area contributed by atoms with Crippen LogP contribution in [0, 0.1) is 0 Å². The maximum absolute atomic E-state index is 12.9. The molecule has 248 valence electrons. The second-order valence-electron chi connectivity index (χ2n) is 13.1. The molecule has 5 rings (SSSR count). The molecule has 4 aromatic rings. The van der Waals surface area contributed by atoms with Crippen LogP contribution >= 0.6 is 0 Å². The Balaban J connectivity index is 1.46. The van der Waals surface area contributed by atoms with Crippen molar-refractivity contribution in [3.63, 3.8) is 0 Å². The van der Waals surface area contributed by atoms with Gasteiger partial charge in [-0.25, -0.2) is 0 Å². The maximum Gasteiger partial charge on any atom is 0.261 e. The van der Waals surface area contributed by atoms with Crippen molar-refractivity contribution in [1.82, 2.24) is 0 Å². The van der Waals surface area contributed by atoms with E-state index in [-0.39, 0.29) is 66.1 Å². The van der Waals surface area contributed by atoms with Crippen molar-refractivity contribution < 1.29 is 38.8 Å². The fourth-order valence-corrected chi connectivity index (χ4v) is 11.2. The predicted octanol–water partition coefficient (Wildman–Crippen LogP) is 5.33. The minimum Gasteiger partial charge on any atom is -0.508 e. The molecule has 3 N–H and O–H groups in total. The van der Waals surface area contributed by atoms with Gasteiger partial charge < -0.3 is 34.0 Å². The third-order valence-corrected chi connectivity index (χ3v) is 14.1. The number of ether oxygens (including phenoxy) is 3. The normalized spacial score (nSPS) is 17.1. The standard InChI is InChI=1S/C38H44O8Si/c1-37(2,3)47(29-15-8-6-9-16-29,30-17-10-7-11-18-30)46-25-38(44-5)23-27-21-31(35(42)36(43-4)32(27)24-45-38)34(41)22-28(39)20-26-14-12-13-19-33(26)40/h6-19,21,34,40-42H,20,22-25H2,1-5H3. The number of phenols is 2. The Morgan fingerprint density at radius 2 is 1.53 bits per heavy atom. The second-order valence-corrected chi connectivity index (χ2v) is 17.4. The Morgan fingerprint density at radius 3 is 2.09 bits per heavy atom. The Labute approximate surface area is 277 Å². The van der Waals surface area contributed by atoms with Crippen molar-refractivity contribution in [2.24, 2.45) is 0 Å². The number of aliphatic hydroxyl groups excluding tert-OH is 1. The summed E-state index contributed by atoms with van der Waals surface area (Å²) in [7, 11) is 0.113. The highest BCUT2D eigenvalue weighted by atomic mass is 28.4. The smallest absolute Gasteiger partial charge is 0.261 e. The largest absolute Gasteiger partial charge is 0.508 e. The molecule has 0 aromatic heterocycles. The molecular formula is C38H44O8Si. The number of aromatic hydroxyl groups is 2. The van der Waals surface area contributed by atoms with Crippen molar-refractivity contribution in [2.75, 3.05) is 20.8 Å². The lowest BCUT2D eigenvalue weighted by molar-refractivity contribution is -0.250. The van der Waals surface area contributed by atoms with Gasteiger partial charge in [-0.3, -0.25) is 4.79 Å². The highest BCUT2D eigenvalue weighted by molar-refractivity contribution is 6.99. The van der Waals surface area contributed by atoms with Gasteiger partial charge in [-0.1, -0.05) is 99.6 Å². The first kappa shape index (κ1) is 34.3. The van der Waals surface area contributed by atoms with Crippen LogP contribution in [-0.2, 0) is 38.1 Å². The summed E-state index contributed by atoms with van der Waals surface area (Å²) in [5.41, 5.74) is 2.03. The number of Topliss-reactive ketones (excluding diaryl/α,β-unsaturated/α-hetero) is 1. The number of rotatable bonds is 12. The molecule has 8 nitrogen and oxygen atoms in total. The van der Waals surface area contributed by atoms with Crippen LogP contribution in [0.4, 0.5) is 0 Å². The third kappa shape index (κ3) is 6.86. The molecule has 2 atom stereocenters. The van der Waals surface area contributed by atoms with Gasteiger partial charge >= 0.3 is 0 Å². The lowest BCUT2D eigenvalue weighted by atomic mass is 9.90. The van der Waals surface area contributed by atoms with Gasteiger partial charge in [0.1, 0.15) is 11.5 Å². The van der Waals surface area contributed by atoms with Crippen LogP contribution in [0.3, 0.4) is 0 Å². The zero-order valence-electron chi connectivity index (χ0n) is 27.7. The molecule has 47 heavy (non-hydrogen) atoms. The van der Waals surface area contributed by atoms with Gasteiger partial charge in [0, 0.05) is 43.1 Å². The van der Waals surface area contributed by atoms with Gasteiger partial charge in [0.25, 0.3) is 8.32 Å². The van der Waals surface area contributed by atoms with Crippen LogP contribution < -0.4 is 15.1 Å². The van der Waals surface area contributed by atoms with Crippen LogP contribution in [0.5, 0.6) is 17.2 Å². The molecule has 1 aliphatic heterocycles. The SMILES string of the molecule is COc1c(O)c(C(O)CC(=O)Cc2ccccc2O)cc2c1COC(CO[Si](c1ccccc1)(c1ccccc1)C(C)(C)C)(OC)C2. The first-order chi connectivity index (χ1) is 22.4. The van der Waals surface area contributed by atoms with Crippen molar-refractivity contribution in [3.05, 3.63) is 113 Å². The summed E-state index contributed by atoms with van der Waals surface area (Å²) in [6.45, 7) is 6.81. The molecule has 2 unspecified atom stereocenters. The maximum atomic E-state index is 12.9. The van der Waals surface area contributed by atoms with Gasteiger partial charge in [0.2, 0.25) is 0 Å². The average Bonchev–Trinajstić information content (AvgIpc) is 3.06. The van der Waals surface area contributed by atoms with Crippen molar-refractivity contribution in [3.8, 4) is 17.2 Å². The van der Waals surface area contributed by atoms with E-state index in [0.29, 0.717) is 11.1 Å². The van der Waals surface area contributed by atoms with Crippen LogP contribution in [0.2, 0.25) is 5.04 Å². The number of hydrogen-bond acceptors (Lipinski definition) is 8. The Kier molecular flexibility index (Phi) is 10.2. The number of para-hydroxylation sites is 1. The van der Waals surface area contributed by atoms with Crippen molar-refractivity contribution >= 4 is 24.5 Å². The van der Waals surface area contributed by atoms with E-state index in [1.165, 1.54) is 13.2 Å². The molecule has 0 spiro atoms. The molecule has 1 aliphatic rings. The zero-order valence-corrected chi connectivity index (χ0v) is 28.7. The average molecular weight is 657 g/mol. The fraction of sp³-hybridized carbons (Fsp3) is 0.342. The molecule has 0 radical (unpaired) electrons. The highest BCUT2D eigenvalue weighted by Gasteiger charge is 2.52. The van der Waals surface area contributed by atoms with Gasteiger partial charge in [0.15, 0.2) is 17.3 Å². The van der Waals surface area contributed by atoms with Crippen LogP contribution in [-0.4, -0.2) is 56.0 Å². The summed E-state index contributed by atoms with van der Waals surface area (Å²) in [6, 6.07) is 29.0. The van der Waals surface area contributed by atoms with E-state index in [0.717, 1.165) is 15.9 Å². The van der Waals surface area contributed by atoms with E-state index in [9.17, 15) is 20.1 Å². The summed E-state index contributed by atoms with van der Waals surface area (Å²) in [5.74, 6) is -1.51. The lowest BCUT2D eigenvalue weighted by Gasteiger charge is -2.46. The lowest BCUT2D eigenvalue weighted by Crippen LogP contribution is -2.68. The number of ketones is 1. The molecular weight excluding hydrogens is 612 g/mol. The summed E-state index contributed by atoms with van der Waals surface area (Å²) in [6.07, 6.45) is -1.36. The van der Waals surface area contributed by atoms with E-state index in [1.54, 1.807) is 31.4 Å². The molecule has 4 aromatic carbocycles. The number of fused-ring (bicyclic) bond motifs is 1. The molecule has 0 aliphatic carbocycles. The first-order valence-corrected chi connectivity index (χ1v) is 17.7. The fourth-order valence-electron chi connectivity index (χ4n) is 6.63. The summed E-state index contributed by atoms with van der Waals surface area (Å²) in [4.78, 5) is 12.9. The number of hydrogen-bond donors (Lipinski definition) is 3. The number of phenolic OH excluding ortho intramolecular Hbond substituents is 2. The summed E-state index contributed by atoms with van der Waals surface area (Å²) < 4.78 is 25.3. The molecule has 1 heterocycles. The monoisotopic (exact) mass is 656 g/mol. The first-order valence-electron chi connectivity index (χ1n) is 15.8. The summed E-state index contributed by atoms with van der Waals surface area (Å²) in [5, 5.41) is 34.5. The van der Waals surface area contributed by atoms with E-state index in [1.807, 2.05) is 36.4 Å². The molecule has 0 amide bonds. The topological polar surface area (TPSA) is 115 Å². The molecule has 9 heteroatoms. The third-order valence-electron chi connectivity index (χ3n) is 9.08. The number of aliphatic hydroxyl groups is 1. The van der Waals surface area contributed by atoms with Crippen molar-refractivity contribution in [2.45, 2.75) is 63.6 Å². The van der Waals surface area contributed by atoms with Crippen LogP contribution in [0.25, 0.3) is 0 Å². The Morgan fingerprint density at radius 1 is 0.936 bits per heavy atom. The van der Waals surface area contributed by atoms with Crippen LogP contribution in [0.15, 0.2) is 91.0 Å². The van der Waals surface area contributed by atoms with Gasteiger partial charge in [-0.05, 0) is 33.1 Å². The molecule has 0 saturated carbocycles. The molecule has 0 bridgehead atoms. The van der Waals surface area contributed by atoms with Gasteiger partial charge in [-0.15, -0.1) is 0 Å². The van der Waals surface area contributed by atoms with E-state index in [2.05, 4.69) is 45.0 Å². The summed E-state index contributed by atoms with van der Waals surface area (Å²) >= 11 is 0. The minimum absolute atomic E-state index is 0.0184. The number of methoxy groups -OCH3 is 2. The van der Waals surface area contributed by atoms with E-state index in [4.69, 9.17) is 18.6 Å². The van der Waals surface area contributed by atoms with E-state index >= 15 is 0 Å². The van der Waals surface area contributed by atoms with Gasteiger partial charge in [-0.2, -0.15) is 0 Å². The minimum atomic E-state index is -2.92. The van der Waals surface area contributed by atoms with E-state index < -0.39 is 20.2 Å². The number of benzene rings is 4. The van der Waals surface area contributed by atoms with Gasteiger partial charge in [0.05, 0.1) is 26.4 Å². The predicted molar refractivity (Wildman–Crippen MR) is 183 cm³/mol. The highest BCUT2D eigenvalue weighted by Crippen LogP contribution is 2.45. The van der Waals surface area contributed by atoms with Crippen LogP contribution in [0.1, 0.15) is 55.5 Å². The number of carbonyl (C=O) groups is 1. The molecule has 0 saturated heterocycles. The quantitative estimate of drug-likeness (QED) is 0.175. The van der Waals surface area contributed by atoms with Crippen molar-refractivity contribution in [1.29, 1.82) is 0 Å². The zero-order chi connectivity index (χ0) is 33.8. The number of carbonyl (C=O) groups excluding carboxylic acids is 1. The molecule has 0 fully saturated rings. The Hall–Kier alpha value is -3.99.